The molecule has 2 atom stereocenters. The van der Waals surface area contributed by atoms with Gasteiger partial charge in [-0.1, -0.05) is 45.9 Å². The average molecular weight is 317 g/mol. The van der Waals surface area contributed by atoms with Crippen LogP contribution in [0.25, 0.3) is 0 Å². The number of nitrogens with two attached hydrogens (primary N) is 1. The third kappa shape index (κ3) is 4.12. The summed E-state index contributed by atoms with van der Waals surface area (Å²) >= 11 is 0. The van der Waals surface area contributed by atoms with Crippen LogP contribution >= 0.6 is 0 Å². The molecule has 4 nitrogen and oxygen atoms in total. The van der Waals surface area contributed by atoms with Crippen LogP contribution in [0.4, 0.5) is 5.69 Å². The summed E-state index contributed by atoms with van der Waals surface area (Å²) in [5, 5.41) is 3.12. The molecule has 128 valence electrons. The molecule has 1 heterocycles. The largest absolute Gasteiger partial charge is 0.327 e. The number of hydrogen-bond donors (Lipinski definition) is 2. The lowest BCUT2D eigenvalue weighted by atomic mass is 9.79. The summed E-state index contributed by atoms with van der Waals surface area (Å²) in [6, 6.07) is 8.10. The lowest BCUT2D eigenvalue weighted by molar-refractivity contribution is -0.122. The van der Waals surface area contributed by atoms with Crippen LogP contribution in [0, 0.1) is 5.41 Å². The van der Waals surface area contributed by atoms with Crippen molar-refractivity contribution in [3.63, 3.8) is 0 Å². The molecule has 0 aromatic heterocycles. The number of hydrogen-bond acceptors (Lipinski definition) is 3. The first kappa shape index (κ1) is 18.0. The lowest BCUT2D eigenvalue weighted by Gasteiger charge is -2.44. The number of nitrogens with zero attached hydrogens (tertiary/aromatic N) is 1. The van der Waals surface area contributed by atoms with E-state index in [4.69, 9.17) is 5.73 Å². The van der Waals surface area contributed by atoms with Crippen LogP contribution in [0.5, 0.6) is 0 Å². The molecule has 1 saturated heterocycles. The van der Waals surface area contributed by atoms with Gasteiger partial charge in [-0.25, -0.2) is 0 Å². The summed E-state index contributed by atoms with van der Waals surface area (Å²) < 4.78 is 0. The summed E-state index contributed by atoms with van der Waals surface area (Å²) in [6.45, 7) is 12.4. The molecule has 2 unspecified atom stereocenters. The molecule has 23 heavy (non-hydrogen) atoms. The minimum atomic E-state index is -0.151. The summed E-state index contributed by atoms with van der Waals surface area (Å²) in [7, 11) is 0. The molecular weight excluding hydrogens is 286 g/mol. The lowest BCUT2D eigenvalue weighted by Crippen LogP contribution is -2.56. The smallest absolute Gasteiger partial charge is 0.241 e. The Bertz CT molecular complexity index is 553. The van der Waals surface area contributed by atoms with Crippen LogP contribution in [0.15, 0.2) is 24.3 Å². The van der Waals surface area contributed by atoms with Crippen LogP contribution in [-0.2, 0) is 4.79 Å². The highest BCUT2D eigenvalue weighted by molar-refractivity contribution is 5.95. The Morgan fingerprint density at radius 3 is 2.57 bits per heavy atom. The van der Waals surface area contributed by atoms with Crippen LogP contribution < -0.4 is 11.1 Å². The fourth-order valence-electron chi connectivity index (χ4n) is 3.26. The molecule has 2 rings (SSSR count). The normalized spacial score (nSPS) is 22.8. The van der Waals surface area contributed by atoms with Crippen molar-refractivity contribution in [1.29, 1.82) is 0 Å². The number of benzene rings is 1. The Labute approximate surface area is 140 Å². The van der Waals surface area contributed by atoms with E-state index in [-0.39, 0.29) is 23.4 Å². The first-order chi connectivity index (χ1) is 10.7. The van der Waals surface area contributed by atoms with E-state index in [1.807, 2.05) is 25.1 Å². The van der Waals surface area contributed by atoms with Gasteiger partial charge in [0.15, 0.2) is 0 Å². The van der Waals surface area contributed by atoms with Crippen molar-refractivity contribution in [2.45, 2.75) is 59.0 Å². The van der Waals surface area contributed by atoms with Gasteiger partial charge in [-0.2, -0.15) is 0 Å². The second-order valence-corrected chi connectivity index (χ2v) is 7.76. The standard InChI is InChI=1S/C19H31N3O/c1-13(2)15-8-6-7-9-16(15)21-18(23)14(3)22-11-10-17(20)19(4,5)12-22/h6-9,13-14,17H,10-12,20H2,1-5H3,(H,21,23). The number of likely N-dealkylation sites (tertiary alicyclic amines) is 1. The van der Waals surface area contributed by atoms with Crippen LogP contribution in [0.1, 0.15) is 52.5 Å². The number of carbonyl (C=O) groups is 1. The quantitative estimate of drug-likeness (QED) is 0.896. The Morgan fingerprint density at radius 1 is 1.30 bits per heavy atom. The Hall–Kier alpha value is -1.39. The van der Waals surface area contributed by atoms with Gasteiger partial charge >= 0.3 is 0 Å². The molecule has 0 aliphatic carbocycles. The summed E-state index contributed by atoms with van der Waals surface area (Å²) in [5.41, 5.74) is 8.34. The van der Waals surface area contributed by atoms with Crippen LogP contribution in [0.2, 0.25) is 0 Å². The molecule has 0 spiro atoms. The van der Waals surface area contributed by atoms with Gasteiger partial charge in [-0.15, -0.1) is 0 Å². The van der Waals surface area contributed by atoms with Crippen molar-refractivity contribution in [3.8, 4) is 0 Å². The van der Waals surface area contributed by atoms with Gasteiger partial charge in [0, 0.05) is 24.8 Å². The summed E-state index contributed by atoms with van der Waals surface area (Å²) in [6.07, 6.45) is 0.938. The number of nitrogens with one attached hydrogen (secondary N) is 1. The predicted octanol–water partition coefficient (Wildman–Crippen LogP) is 3.20. The van der Waals surface area contributed by atoms with Crippen molar-refractivity contribution in [1.82, 2.24) is 4.90 Å². The number of carbonyl (C=O) groups excluding carboxylic acids is 1. The average Bonchev–Trinajstić information content (AvgIpc) is 2.49. The molecule has 1 aliphatic heterocycles. The zero-order valence-electron chi connectivity index (χ0n) is 15.1. The van der Waals surface area contributed by atoms with Crippen molar-refractivity contribution in [2.75, 3.05) is 18.4 Å². The SMILES string of the molecule is CC(C)c1ccccc1NC(=O)C(C)N1CCC(N)C(C)(C)C1. The van der Waals surface area contributed by atoms with Crippen molar-refractivity contribution < 1.29 is 4.79 Å². The maximum Gasteiger partial charge on any atom is 0.241 e. The maximum atomic E-state index is 12.7. The van der Waals surface area contributed by atoms with Gasteiger partial charge in [0.2, 0.25) is 5.91 Å². The minimum Gasteiger partial charge on any atom is -0.327 e. The van der Waals surface area contributed by atoms with Gasteiger partial charge in [0.1, 0.15) is 0 Å². The first-order valence-corrected chi connectivity index (χ1v) is 8.62. The number of piperidine rings is 1. The fraction of sp³-hybridized carbons (Fsp3) is 0.632. The topological polar surface area (TPSA) is 58.4 Å². The molecule has 4 heteroatoms. The van der Waals surface area contributed by atoms with Crippen molar-refractivity contribution in [2.24, 2.45) is 11.1 Å². The zero-order valence-corrected chi connectivity index (χ0v) is 15.1. The first-order valence-electron chi connectivity index (χ1n) is 8.62. The predicted molar refractivity (Wildman–Crippen MR) is 96.6 cm³/mol. The van der Waals surface area contributed by atoms with E-state index in [9.17, 15) is 4.79 Å². The van der Waals surface area contributed by atoms with E-state index < -0.39 is 0 Å². The second kappa shape index (κ2) is 7.02. The third-order valence-electron chi connectivity index (χ3n) is 5.11. The second-order valence-electron chi connectivity index (χ2n) is 7.76. The summed E-state index contributed by atoms with van der Waals surface area (Å²) in [4.78, 5) is 14.9. The number of rotatable bonds is 4. The van der Waals surface area contributed by atoms with Gasteiger partial charge < -0.3 is 11.1 Å². The van der Waals surface area contributed by atoms with Gasteiger partial charge in [0.25, 0.3) is 0 Å². The molecule has 1 aromatic rings. The Balaban J connectivity index is 2.06. The Kier molecular flexibility index (Phi) is 5.48. The van der Waals surface area contributed by atoms with E-state index in [0.717, 1.165) is 25.2 Å². The number of amides is 1. The fourth-order valence-corrected chi connectivity index (χ4v) is 3.26. The number of para-hydroxylation sites is 1. The third-order valence-corrected chi connectivity index (χ3v) is 5.11. The van der Waals surface area contributed by atoms with E-state index >= 15 is 0 Å². The van der Waals surface area contributed by atoms with E-state index in [1.165, 1.54) is 5.56 Å². The minimum absolute atomic E-state index is 0.0443. The van der Waals surface area contributed by atoms with Crippen molar-refractivity contribution >= 4 is 11.6 Å². The van der Waals surface area contributed by atoms with E-state index in [1.54, 1.807) is 0 Å². The maximum absolute atomic E-state index is 12.7. The molecule has 1 fully saturated rings. The van der Waals surface area contributed by atoms with Crippen LogP contribution in [0.3, 0.4) is 0 Å². The molecule has 0 saturated carbocycles. The van der Waals surface area contributed by atoms with E-state index in [0.29, 0.717) is 5.92 Å². The highest BCUT2D eigenvalue weighted by Gasteiger charge is 2.36. The molecular formula is C19H31N3O. The van der Waals surface area contributed by atoms with Crippen LogP contribution in [-0.4, -0.2) is 36.0 Å². The highest BCUT2D eigenvalue weighted by Crippen LogP contribution is 2.29. The number of anilines is 1. The Morgan fingerprint density at radius 2 is 1.96 bits per heavy atom. The molecule has 1 aliphatic rings. The van der Waals surface area contributed by atoms with Gasteiger partial charge in [-0.3, -0.25) is 9.69 Å². The molecule has 1 aromatic carbocycles. The van der Waals surface area contributed by atoms with E-state index in [2.05, 4.69) is 44.0 Å². The monoisotopic (exact) mass is 317 g/mol. The molecule has 0 bridgehead atoms. The van der Waals surface area contributed by atoms with Gasteiger partial charge in [0.05, 0.1) is 6.04 Å². The molecule has 0 radical (unpaired) electrons. The summed E-state index contributed by atoms with van der Waals surface area (Å²) in [5.74, 6) is 0.443. The van der Waals surface area contributed by atoms with Gasteiger partial charge in [-0.05, 0) is 36.3 Å². The molecule has 1 amide bonds. The van der Waals surface area contributed by atoms with Crippen molar-refractivity contribution in [3.05, 3.63) is 29.8 Å². The molecule has 3 N–H and O–H groups in total. The highest BCUT2D eigenvalue weighted by atomic mass is 16.2. The zero-order chi connectivity index (χ0) is 17.2.